The van der Waals surface area contributed by atoms with Crippen LogP contribution in [-0.4, -0.2) is 22.5 Å². The van der Waals surface area contributed by atoms with E-state index >= 15 is 0 Å². The molecular weight excluding hydrogens is 240 g/mol. The first-order chi connectivity index (χ1) is 8.94. The van der Waals surface area contributed by atoms with E-state index in [1.54, 1.807) is 0 Å². The van der Waals surface area contributed by atoms with Crippen LogP contribution in [0.3, 0.4) is 0 Å². The zero-order valence-corrected chi connectivity index (χ0v) is 13.0. The van der Waals surface area contributed by atoms with Crippen molar-refractivity contribution in [2.75, 3.05) is 6.61 Å². The first kappa shape index (κ1) is 15.7. The molecule has 0 radical (unpaired) electrons. The topological polar surface area (TPSA) is 44.1 Å². The molecule has 0 amide bonds. The lowest BCUT2D eigenvalue weighted by atomic mass is 9.76. The molecule has 0 saturated carbocycles. The van der Waals surface area contributed by atoms with Crippen molar-refractivity contribution in [1.82, 2.24) is 9.78 Å². The molecule has 4 nitrogen and oxygen atoms in total. The van der Waals surface area contributed by atoms with Gasteiger partial charge in [0, 0.05) is 0 Å². The average molecular weight is 266 g/mol. The highest BCUT2D eigenvalue weighted by molar-refractivity contribution is 5.71. The quantitative estimate of drug-likeness (QED) is 0.777. The van der Waals surface area contributed by atoms with Gasteiger partial charge in [-0.05, 0) is 44.1 Å². The molecule has 0 aromatic carbocycles. The zero-order chi connectivity index (χ0) is 14.6. The van der Waals surface area contributed by atoms with Gasteiger partial charge >= 0.3 is 6.09 Å². The van der Waals surface area contributed by atoms with Crippen molar-refractivity contribution in [3.05, 3.63) is 17.0 Å². The van der Waals surface area contributed by atoms with Crippen molar-refractivity contribution >= 4 is 6.09 Å². The number of aryl methyl sites for hydroxylation is 1. The van der Waals surface area contributed by atoms with E-state index in [1.807, 2.05) is 27.7 Å². The van der Waals surface area contributed by atoms with Crippen LogP contribution in [0.25, 0.3) is 0 Å². The van der Waals surface area contributed by atoms with Gasteiger partial charge < -0.3 is 4.74 Å². The molecule has 108 valence electrons. The lowest BCUT2D eigenvalue weighted by Gasteiger charge is -2.29. The minimum Gasteiger partial charge on any atom is -0.448 e. The molecule has 0 saturated heterocycles. The first-order valence-corrected chi connectivity index (χ1v) is 7.19. The monoisotopic (exact) mass is 266 g/mol. The molecule has 0 aliphatic heterocycles. The molecular formula is C15H26N2O2. The van der Waals surface area contributed by atoms with E-state index in [-0.39, 0.29) is 11.5 Å². The second-order valence-electron chi connectivity index (χ2n) is 5.46. The Kier molecular flexibility index (Phi) is 5.15. The highest BCUT2D eigenvalue weighted by Crippen LogP contribution is 2.35. The molecule has 0 atom stereocenters. The van der Waals surface area contributed by atoms with Crippen LogP contribution in [0.5, 0.6) is 0 Å². The van der Waals surface area contributed by atoms with Crippen molar-refractivity contribution in [2.24, 2.45) is 5.41 Å². The maximum atomic E-state index is 11.8. The first-order valence-electron chi connectivity index (χ1n) is 7.19. The van der Waals surface area contributed by atoms with Gasteiger partial charge in [-0.25, -0.2) is 4.79 Å². The van der Waals surface area contributed by atoms with Crippen LogP contribution in [0.1, 0.15) is 58.0 Å². The molecule has 4 heteroatoms. The van der Waals surface area contributed by atoms with Crippen LogP contribution in [0, 0.1) is 12.3 Å². The normalized spacial score (nSPS) is 16.1. The fourth-order valence-electron chi connectivity index (χ4n) is 2.45. The van der Waals surface area contributed by atoms with Gasteiger partial charge in [-0.3, -0.25) is 0 Å². The molecule has 1 aromatic heterocycles. The smallest absolute Gasteiger partial charge is 0.434 e. The number of hydrogen-bond acceptors (Lipinski definition) is 3. The van der Waals surface area contributed by atoms with Crippen molar-refractivity contribution in [3.63, 3.8) is 0 Å². The summed E-state index contributed by atoms with van der Waals surface area (Å²) in [6.45, 7) is 12.6. The van der Waals surface area contributed by atoms with Gasteiger partial charge in [-0.2, -0.15) is 9.78 Å². The number of ether oxygens (including phenoxy) is 1. The van der Waals surface area contributed by atoms with Crippen LogP contribution in [0.15, 0.2) is 0 Å². The number of carbonyl (C=O) groups excluding carboxylic acids is 1. The summed E-state index contributed by atoms with van der Waals surface area (Å²) in [5.74, 6) is 0. The molecule has 19 heavy (non-hydrogen) atoms. The Balaban J connectivity index is 0.000000861. The number of rotatable bonds is 1. The van der Waals surface area contributed by atoms with E-state index in [2.05, 4.69) is 18.9 Å². The van der Waals surface area contributed by atoms with Gasteiger partial charge in [0.1, 0.15) is 0 Å². The minimum absolute atomic E-state index is 0.240. The maximum Gasteiger partial charge on any atom is 0.434 e. The van der Waals surface area contributed by atoms with Gasteiger partial charge in [0.05, 0.1) is 18.0 Å². The Morgan fingerprint density at radius 3 is 2.63 bits per heavy atom. The summed E-state index contributed by atoms with van der Waals surface area (Å²) in [6, 6.07) is 0. The van der Waals surface area contributed by atoms with Gasteiger partial charge in [0.25, 0.3) is 0 Å². The third-order valence-electron chi connectivity index (χ3n) is 3.43. The van der Waals surface area contributed by atoms with Crippen LogP contribution in [0.2, 0.25) is 0 Å². The standard InChI is InChI=1S/C13H20N2O2.C2H6/c1-5-17-12(16)15-11-8-13(3,4)7-6-10(11)9(2)14-15;1-2/h5-8H2,1-4H3;1-2H3. The van der Waals surface area contributed by atoms with E-state index in [1.165, 1.54) is 10.2 Å². The van der Waals surface area contributed by atoms with Gasteiger partial charge in [-0.15, -0.1) is 0 Å². The van der Waals surface area contributed by atoms with Gasteiger partial charge in [0.15, 0.2) is 0 Å². The highest BCUT2D eigenvalue weighted by Gasteiger charge is 2.31. The third-order valence-corrected chi connectivity index (χ3v) is 3.43. The minimum atomic E-state index is -0.352. The molecule has 0 spiro atoms. The van der Waals surface area contributed by atoms with Gasteiger partial charge in [-0.1, -0.05) is 27.7 Å². The van der Waals surface area contributed by atoms with E-state index in [9.17, 15) is 4.79 Å². The number of nitrogens with zero attached hydrogens (tertiary/aromatic N) is 2. The van der Waals surface area contributed by atoms with Crippen molar-refractivity contribution < 1.29 is 9.53 Å². The molecule has 2 rings (SSSR count). The fourth-order valence-corrected chi connectivity index (χ4v) is 2.45. The van der Waals surface area contributed by atoms with E-state index in [0.29, 0.717) is 6.61 Å². The predicted octanol–water partition coefficient (Wildman–Crippen LogP) is 3.74. The fraction of sp³-hybridized carbons (Fsp3) is 0.733. The SMILES string of the molecule is CC.CCOC(=O)n1nc(C)c2c1CC(C)(C)CC2. The summed E-state index contributed by atoms with van der Waals surface area (Å²) in [6.07, 6.45) is 2.69. The van der Waals surface area contributed by atoms with Crippen molar-refractivity contribution in [2.45, 2.75) is 60.8 Å². The second-order valence-corrected chi connectivity index (χ2v) is 5.46. The van der Waals surface area contributed by atoms with Crippen LogP contribution in [0.4, 0.5) is 4.79 Å². The molecule has 0 unspecified atom stereocenters. The molecule has 1 aliphatic carbocycles. The van der Waals surface area contributed by atoms with Crippen molar-refractivity contribution in [3.8, 4) is 0 Å². The summed E-state index contributed by atoms with van der Waals surface area (Å²) in [5, 5.41) is 4.32. The van der Waals surface area contributed by atoms with E-state index < -0.39 is 0 Å². The molecule has 1 heterocycles. The zero-order valence-electron chi connectivity index (χ0n) is 13.0. The van der Waals surface area contributed by atoms with E-state index in [0.717, 1.165) is 30.7 Å². The van der Waals surface area contributed by atoms with Crippen LogP contribution >= 0.6 is 0 Å². The summed E-state index contributed by atoms with van der Waals surface area (Å²) >= 11 is 0. The second kappa shape index (κ2) is 6.22. The number of carbonyl (C=O) groups is 1. The Hall–Kier alpha value is -1.32. The van der Waals surface area contributed by atoms with Crippen molar-refractivity contribution in [1.29, 1.82) is 0 Å². The summed E-state index contributed by atoms with van der Waals surface area (Å²) < 4.78 is 6.49. The largest absolute Gasteiger partial charge is 0.448 e. The van der Waals surface area contributed by atoms with Crippen LogP contribution in [-0.2, 0) is 17.6 Å². The lowest BCUT2D eigenvalue weighted by molar-refractivity contribution is 0.148. The van der Waals surface area contributed by atoms with Gasteiger partial charge in [0.2, 0.25) is 0 Å². The lowest BCUT2D eigenvalue weighted by Crippen LogP contribution is -2.26. The molecule has 1 aromatic rings. The number of aromatic nitrogens is 2. The Morgan fingerprint density at radius 1 is 1.42 bits per heavy atom. The number of hydrogen-bond donors (Lipinski definition) is 0. The Bertz CT molecular complexity index is 447. The molecule has 0 fully saturated rings. The number of fused-ring (bicyclic) bond motifs is 1. The maximum absolute atomic E-state index is 11.8. The summed E-state index contributed by atoms with van der Waals surface area (Å²) in [7, 11) is 0. The van der Waals surface area contributed by atoms with E-state index in [4.69, 9.17) is 4.74 Å². The molecule has 1 aliphatic rings. The van der Waals surface area contributed by atoms with Crippen LogP contribution < -0.4 is 0 Å². The predicted molar refractivity (Wildman–Crippen MR) is 76.5 cm³/mol. The summed E-state index contributed by atoms with van der Waals surface area (Å²) in [5.41, 5.74) is 3.47. The third kappa shape index (κ3) is 3.37. The molecule has 0 N–H and O–H groups in total. The summed E-state index contributed by atoms with van der Waals surface area (Å²) in [4.78, 5) is 11.8. The average Bonchev–Trinajstić information content (AvgIpc) is 2.67. The molecule has 0 bridgehead atoms. The highest BCUT2D eigenvalue weighted by atomic mass is 16.5. The Labute approximate surface area is 116 Å². The Morgan fingerprint density at radius 2 is 2.05 bits per heavy atom.